The van der Waals surface area contributed by atoms with Gasteiger partial charge in [-0.3, -0.25) is 10.1 Å². The lowest BCUT2D eigenvalue weighted by atomic mass is 10.3. The fraction of sp³-hybridized carbons (Fsp3) is 0.273. The van der Waals surface area contributed by atoms with Gasteiger partial charge in [0.05, 0.1) is 11.0 Å². The summed E-state index contributed by atoms with van der Waals surface area (Å²) in [5.74, 6) is 1.17. The average molecular weight is 286 g/mol. The van der Waals surface area contributed by atoms with Crippen LogP contribution in [0, 0.1) is 28.3 Å². The standard InChI is InChI=1S/C11H11FN2O4S/c1-2-3-4-7-13-19(17,18)11-6-5-9(14(15)16)8-10(11)12/h1,5-6,8,13H,3-4,7H2. The SMILES string of the molecule is C#CCCCNS(=O)(=O)c1ccc([N+](=O)[O-])cc1F. The number of hydrogen-bond acceptors (Lipinski definition) is 4. The molecular weight excluding hydrogens is 275 g/mol. The van der Waals surface area contributed by atoms with Gasteiger partial charge in [-0.15, -0.1) is 12.3 Å². The van der Waals surface area contributed by atoms with Crippen molar-refractivity contribution in [3.8, 4) is 12.3 Å². The molecule has 0 radical (unpaired) electrons. The molecular formula is C11H11FN2O4S. The Morgan fingerprint density at radius 3 is 2.68 bits per heavy atom. The first kappa shape index (κ1) is 15.1. The van der Waals surface area contributed by atoms with E-state index in [-0.39, 0.29) is 6.54 Å². The number of halogens is 1. The quantitative estimate of drug-likeness (QED) is 0.371. The van der Waals surface area contributed by atoms with Crippen LogP contribution in [0.3, 0.4) is 0 Å². The van der Waals surface area contributed by atoms with Crippen molar-refractivity contribution < 1.29 is 17.7 Å². The number of non-ortho nitro benzene ring substituents is 1. The second kappa shape index (κ2) is 6.26. The summed E-state index contributed by atoms with van der Waals surface area (Å²) in [6, 6.07) is 2.35. The molecule has 1 rings (SSSR count). The molecule has 0 aliphatic rings. The molecule has 6 nitrogen and oxygen atoms in total. The lowest BCUT2D eigenvalue weighted by Crippen LogP contribution is -2.25. The van der Waals surface area contributed by atoms with Gasteiger partial charge in [0, 0.05) is 19.0 Å². The molecule has 0 heterocycles. The Labute approximate surface area is 109 Å². The van der Waals surface area contributed by atoms with Crippen LogP contribution in [-0.4, -0.2) is 19.9 Å². The Kier molecular flexibility index (Phi) is 4.97. The summed E-state index contributed by atoms with van der Waals surface area (Å²) in [6.45, 7) is 0.0724. The summed E-state index contributed by atoms with van der Waals surface area (Å²) < 4.78 is 39.1. The first-order chi connectivity index (χ1) is 8.88. The fourth-order valence-corrected chi connectivity index (χ4v) is 2.43. The Morgan fingerprint density at radius 2 is 2.16 bits per heavy atom. The molecule has 0 saturated heterocycles. The normalized spacial score (nSPS) is 10.9. The van der Waals surface area contributed by atoms with Crippen LogP contribution in [0.4, 0.5) is 10.1 Å². The van der Waals surface area contributed by atoms with E-state index in [1.165, 1.54) is 0 Å². The van der Waals surface area contributed by atoms with Crippen LogP contribution < -0.4 is 4.72 Å². The van der Waals surface area contributed by atoms with Crippen molar-refractivity contribution in [3.05, 3.63) is 34.1 Å². The van der Waals surface area contributed by atoms with Gasteiger partial charge >= 0.3 is 0 Å². The predicted molar refractivity (Wildman–Crippen MR) is 66.3 cm³/mol. The highest BCUT2D eigenvalue weighted by Crippen LogP contribution is 2.20. The van der Waals surface area contributed by atoms with Crippen molar-refractivity contribution in [2.24, 2.45) is 0 Å². The van der Waals surface area contributed by atoms with Gasteiger partial charge < -0.3 is 0 Å². The van der Waals surface area contributed by atoms with Crippen molar-refractivity contribution in [2.75, 3.05) is 6.54 Å². The first-order valence-corrected chi connectivity index (χ1v) is 6.74. The molecule has 102 valence electrons. The predicted octanol–water partition coefficient (Wildman–Crippen LogP) is 1.43. The zero-order chi connectivity index (χ0) is 14.5. The lowest BCUT2D eigenvalue weighted by molar-refractivity contribution is -0.385. The average Bonchev–Trinajstić information content (AvgIpc) is 2.34. The molecule has 0 aromatic heterocycles. The summed E-state index contributed by atoms with van der Waals surface area (Å²) in [6.07, 6.45) is 5.82. The molecule has 1 aromatic carbocycles. The number of nitro benzene ring substituents is 1. The molecule has 0 saturated carbocycles. The molecule has 8 heteroatoms. The van der Waals surface area contributed by atoms with Crippen molar-refractivity contribution in [1.82, 2.24) is 4.72 Å². The number of unbranched alkanes of at least 4 members (excludes halogenated alkanes) is 1. The maximum atomic E-state index is 13.5. The summed E-state index contributed by atoms with van der Waals surface area (Å²) >= 11 is 0. The van der Waals surface area contributed by atoms with Crippen LogP contribution in [0.1, 0.15) is 12.8 Å². The van der Waals surface area contributed by atoms with Gasteiger partial charge in [0.1, 0.15) is 10.7 Å². The second-order valence-electron chi connectivity index (χ2n) is 3.58. The summed E-state index contributed by atoms with van der Waals surface area (Å²) in [5.41, 5.74) is -0.510. The highest BCUT2D eigenvalue weighted by molar-refractivity contribution is 7.89. The molecule has 19 heavy (non-hydrogen) atoms. The third-order valence-electron chi connectivity index (χ3n) is 2.21. The summed E-state index contributed by atoms with van der Waals surface area (Å²) in [4.78, 5) is 8.98. The fourth-order valence-electron chi connectivity index (χ4n) is 1.30. The smallest absolute Gasteiger partial charge is 0.258 e. The maximum absolute atomic E-state index is 13.5. The van der Waals surface area contributed by atoms with E-state index < -0.39 is 31.3 Å². The van der Waals surface area contributed by atoms with Gasteiger partial charge in [-0.25, -0.2) is 17.5 Å². The largest absolute Gasteiger partial charge is 0.272 e. The van der Waals surface area contributed by atoms with Gasteiger partial charge in [0.15, 0.2) is 0 Å². The molecule has 0 amide bonds. The van der Waals surface area contributed by atoms with E-state index in [0.29, 0.717) is 18.9 Å². The van der Waals surface area contributed by atoms with Gasteiger partial charge in [-0.2, -0.15) is 0 Å². The number of nitrogens with one attached hydrogen (secondary N) is 1. The van der Waals surface area contributed by atoms with Crippen LogP contribution in [0.25, 0.3) is 0 Å². The van der Waals surface area contributed by atoms with Gasteiger partial charge in [-0.1, -0.05) is 0 Å². The monoisotopic (exact) mass is 286 g/mol. The Morgan fingerprint density at radius 1 is 1.47 bits per heavy atom. The number of rotatable bonds is 6. The first-order valence-electron chi connectivity index (χ1n) is 5.25. The number of nitrogens with zero attached hydrogens (tertiary/aromatic N) is 1. The Hall–Kier alpha value is -1.98. The highest BCUT2D eigenvalue weighted by atomic mass is 32.2. The zero-order valence-corrected chi connectivity index (χ0v) is 10.6. The zero-order valence-electron chi connectivity index (χ0n) is 9.80. The van der Waals surface area contributed by atoms with Crippen LogP contribution >= 0.6 is 0 Å². The maximum Gasteiger partial charge on any atom is 0.272 e. The molecule has 0 bridgehead atoms. The minimum absolute atomic E-state index is 0.0724. The van der Waals surface area contributed by atoms with E-state index in [9.17, 15) is 22.9 Å². The van der Waals surface area contributed by atoms with Crippen LogP contribution in [0.5, 0.6) is 0 Å². The van der Waals surface area contributed by atoms with E-state index in [1.54, 1.807) is 0 Å². The van der Waals surface area contributed by atoms with Gasteiger partial charge in [0.25, 0.3) is 5.69 Å². The van der Waals surface area contributed by atoms with Crippen molar-refractivity contribution in [1.29, 1.82) is 0 Å². The van der Waals surface area contributed by atoms with E-state index in [1.807, 2.05) is 0 Å². The molecule has 0 fully saturated rings. The summed E-state index contributed by atoms with van der Waals surface area (Å²) in [7, 11) is -4.03. The van der Waals surface area contributed by atoms with E-state index in [4.69, 9.17) is 6.42 Å². The summed E-state index contributed by atoms with van der Waals surface area (Å²) in [5, 5.41) is 10.4. The minimum atomic E-state index is -4.03. The molecule has 1 N–H and O–H groups in total. The Bertz CT molecular complexity index is 622. The van der Waals surface area contributed by atoms with Crippen LogP contribution in [0.15, 0.2) is 23.1 Å². The number of hydrogen-bond donors (Lipinski definition) is 1. The van der Waals surface area contributed by atoms with E-state index >= 15 is 0 Å². The Balaban J connectivity index is 2.90. The lowest BCUT2D eigenvalue weighted by Gasteiger charge is -2.06. The molecule has 0 spiro atoms. The van der Waals surface area contributed by atoms with Crippen LogP contribution in [-0.2, 0) is 10.0 Å². The molecule has 1 aromatic rings. The second-order valence-corrected chi connectivity index (χ2v) is 5.31. The van der Waals surface area contributed by atoms with Gasteiger partial charge in [-0.05, 0) is 12.5 Å². The van der Waals surface area contributed by atoms with E-state index in [2.05, 4.69) is 10.6 Å². The number of terminal acetylenes is 1. The topological polar surface area (TPSA) is 89.3 Å². The van der Waals surface area contributed by atoms with Crippen LogP contribution in [0.2, 0.25) is 0 Å². The third-order valence-corrected chi connectivity index (χ3v) is 3.70. The highest BCUT2D eigenvalue weighted by Gasteiger charge is 2.21. The number of sulfonamides is 1. The van der Waals surface area contributed by atoms with Crippen molar-refractivity contribution >= 4 is 15.7 Å². The van der Waals surface area contributed by atoms with Crippen molar-refractivity contribution in [2.45, 2.75) is 17.7 Å². The molecule has 0 aliphatic heterocycles. The number of nitro groups is 1. The van der Waals surface area contributed by atoms with Crippen molar-refractivity contribution in [3.63, 3.8) is 0 Å². The number of benzene rings is 1. The van der Waals surface area contributed by atoms with E-state index in [0.717, 1.165) is 12.1 Å². The molecule has 0 atom stereocenters. The van der Waals surface area contributed by atoms with Gasteiger partial charge in [0.2, 0.25) is 10.0 Å². The molecule has 0 aliphatic carbocycles. The molecule has 0 unspecified atom stereocenters. The third kappa shape index (κ3) is 4.01. The minimum Gasteiger partial charge on any atom is -0.258 e.